The fourth-order valence-corrected chi connectivity index (χ4v) is 3.46. The van der Waals surface area contributed by atoms with Gasteiger partial charge in [-0.05, 0) is 29.0 Å². The molecule has 0 radical (unpaired) electrons. The van der Waals surface area contributed by atoms with Crippen LogP contribution in [0, 0.1) is 11.3 Å². The van der Waals surface area contributed by atoms with Gasteiger partial charge in [0.1, 0.15) is 0 Å². The Hall–Kier alpha value is -1.85. The smallest absolute Gasteiger partial charge is 0.870 e. The molecule has 5 N–H and O–H groups in total. The third-order valence-electron chi connectivity index (χ3n) is 4.40. The van der Waals surface area contributed by atoms with Crippen molar-refractivity contribution >= 4 is 22.8 Å². The Morgan fingerprint density at radius 3 is 2.63 bits per heavy atom. The van der Waals surface area contributed by atoms with E-state index >= 15 is 0 Å². The molecule has 1 amide bonds. The second kappa shape index (κ2) is 9.38. The first-order valence-corrected chi connectivity index (χ1v) is 8.19. The summed E-state index contributed by atoms with van der Waals surface area (Å²) < 4.78 is 0. The second-order valence-corrected chi connectivity index (χ2v) is 7.79. The zero-order chi connectivity index (χ0) is 17.5. The number of hydrogen-bond donors (Lipinski definition) is 2. The molecular formula is C18H26LiN3O5. The molecule has 0 saturated heterocycles. The molecule has 1 aromatic carbocycles. The van der Waals surface area contributed by atoms with E-state index in [0.29, 0.717) is 19.5 Å². The molecule has 9 heteroatoms. The van der Waals surface area contributed by atoms with E-state index in [-0.39, 0.29) is 47.6 Å². The van der Waals surface area contributed by atoms with Crippen LogP contribution in [0.5, 0.6) is 0 Å². The van der Waals surface area contributed by atoms with Crippen LogP contribution < -0.4 is 18.9 Å². The Morgan fingerprint density at radius 2 is 2.04 bits per heavy atom. The van der Waals surface area contributed by atoms with Crippen LogP contribution in [0.3, 0.4) is 0 Å². The molecule has 3 rings (SSSR count). The van der Waals surface area contributed by atoms with Crippen LogP contribution in [0.2, 0.25) is 0 Å². The van der Waals surface area contributed by atoms with Gasteiger partial charge in [-0.1, -0.05) is 26.8 Å². The van der Waals surface area contributed by atoms with Crippen molar-refractivity contribution in [2.75, 3.05) is 6.54 Å². The SMILES string of the molecule is CC(C)(C)CN1Cc2c(ccc3[nH]ncc23)C[C@@H](CC(=O)O)C1=O.O.[Li+].[OH-]. The van der Waals surface area contributed by atoms with Gasteiger partial charge in [0.25, 0.3) is 0 Å². The first-order valence-electron chi connectivity index (χ1n) is 8.19. The zero-order valence-electron chi connectivity index (χ0n) is 16.2. The molecule has 0 unspecified atom stereocenters. The van der Waals surface area contributed by atoms with Crippen molar-refractivity contribution in [2.45, 2.75) is 40.2 Å². The predicted octanol–water partition coefficient (Wildman–Crippen LogP) is -1.41. The number of benzene rings is 1. The van der Waals surface area contributed by atoms with E-state index in [1.165, 1.54) is 0 Å². The molecule has 1 aromatic heterocycles. The molecule has 144 valence electrons. The summed E-state index contributed by atoms with van der Waals surface area (Å²) in [5.74, 6) is -1.52. The van der Waals surface area contributed by atoms with Crippen LogP contribution in [-0.2, 0) is 22.6 Å². The standard InChI is InChI=1S/C18H23N3O3.Li.2H2O/c1-18(2,3)10-21-9-14-11(4-5-15-13(14)8-19-20-15)6-12(17(21)24)7-16(22)23;;;/h4-5,8,12H,6-7,9-10H2,1-3H3,(H,19,20)(H,22,23);;2*1H2/q;+1;;/p-1/t12-;;;/m0.../s1. The number of rotatable bonds is 3. The van der Waals surface area contributed by atoms with Gasteiger partial charge in [0.05, 0.1) is 24.1 Å². The van der Waals surface area contributed by atoms with E-state index < -0.39 is 11.9 Å². The normalized spacial score (nSPS) is 16.5. The third kappa shape index (κ3) is 5.56. The second-order valence-electron chi connectivity index (χ2n) is 7.79. The van der Waals surface area contributed by atoms with Gasteiger partial charge in [-0.15, -0.1) is 0 Å². The number of H-pyrrole nitrogens is 1. The average Bonchev–Trinajstić information content (AvgIpc) is 2.89. The van der Waals surface area contributed by atoms with Crippen LogP contribution in [0.15, 0.2) is 18.3 Å². The molecule has 8 nitrogen and oxygen atoms in total. The van der Waals surface area contributed by atoms with Gasteiger partial charge in [-0.3, -0.25) is 14.7 Å². The van der Waals surface area contributed by atoms with Crippen molar-refractivity contribution in [3.05, 3.63) is 29.5 Å². The number of nitrogens with one attached hydrogen (secondary N) is 1. The van der Waals surface area contributed by atoms with Crippen LogP contribution in [-0.4, -0.2) is 49.6 Å². The molecule has 0 spiro atoms. The van der Waals surface area contributed by atoms with Crippen LogP contribution in [0.4, 0.5) is 0 Å². The van der Waals surface area contributed by atoms with Crippen LogP contribution in [0.1, 0.15) is 38.3 Å². The zero-order valence-corrected chi connectivity index (χ0v) is 16.2. The summed E-state index contributed by atoms with van der Waals surface area (Å²) in [5.41, 5.74) is 3.00. The Morgan fingerprint density at radius 1 is 1.37 bits per heavy atom. The Balaban J connectivity index is 0.00000225. The average molecular weight is 371 g/mol. The first-order chi connectivity index (χ1) is 11.2. The van der Waals surface area contributed by atoms with Gasteiger partial charge in [-0.2, -0.15) is 5.10 Å². The van der Waals surface area contributed by atoms with Crippen molar-refractivity contribution in [3.8, 4) is 0 Å². The summed E-state index contributed by atoms with van der Waals surface area (Å²) in [5, 5.41) is 17.3. The molecule has 0 bridgehead atoms. The van der Waals surface area contributed by atoms with E-state index in [1.807, 2.05) is 17.0 Å². The van der Waals surface area contributed by atoms with E-state index in [9.17, 15) is 14.7 Å². The maximum atomic E-state index is 12.9. The quantitative estimate of drug-likeness (QED) is 0.636. The number of carbonyl (C=O) groups excluding carboxylic acids is 1. The van der Waals surface area contributed by atoms with Crippen LogP contribution >= 0.6 is 0 Å². The van der Waals surface area contributed by atoms with E-state index in [1.54, 1.807) is 6.20 Å². The number of hydrogen-bond acceptors (Lipinski definition) is 4. The summed E-state index contributed by atoms with van der Waals surface area (Å²) >= 11 is 0. The number of aromatic amines is 1. The maximum absolute atomic E-state index is 12.9. The topological polar surface area (TPSA) is 148 Å². The first kappa shape index (κ1) is 25.1. The molecule has 1 atom stereocenters. The Bertz CT molecular complexity index is 800. The van der Waals surface area contributed by atoms with Gasteiger partial charge in [0.15, 0.2) is 0 Å². The van der Waals surface area contributed by atoms with Crippen molar-refractivity contribution in [2.24, 2.45) is 11.3 Å². The molecule has 0 fully saturated rings. The molecule has 0 saturated carbocycles. The fraction of sp³-hybridized carbons (Fsp3) is 0.500. The molecule has 2 aromatic rings. The minimum Gasteiger partial charge on any atom is -0.870 e. The monoisotopic (exact) mass is 371 g/mol. The molecule has 0 aliphatic carbocycles. The number of fused-ring (bicyclic) bond motifs is 3. The number of carbonyl (C=O) groups is 2. The molecule has 27 heavy (non-hydrogen) atoms. The molecule has 1 aliphatic heterocycles. The fourth-order valence-electron chi connectivity index (χ4n) is 3.46. The Kier molecular flexibility index (Phi) is 8.73. The Labute approximate surface area is 170 Å². The number of carboxylic acids is 1. The van der Waals surface area contributed by atoms with Crippen molar-refractivity contribution < 1.29 is 44.5 Å². The summed E-state index contributed by atoms with van der Waals surface area (Å²) in [7, 11) is 0. The maximum Gasteiger partial charge on any atom is 1.00 e. The van der Waals surface area contributed by atoms with E-state index in [4.69, 9.17) is 0 Å². The summed E-state index contributed by atoms with van der Waals surface area (Å²) in [6.45, 7) is 7.33. The van der Waals surface area contributed by atoms with Gasteiger partial charge in [-0.25, -0.2) is 0 Å². The van der Waals surface area contributed by atoms with Gasteiger partial charge < -0.3 is 21.0 Å². The minimum absolute atomic E-state index is 0. The van der Waals surface area contributed by atoms with Crippen molar-refractivity contribution in [3.63, 3.8) is 0 Å². The van der Waals surface area contributed by atoms with E-state index in [0.717, 1.165) is 22.0 Å². The molecular weight excluding hydrogens is 345 g/mol. The molecule has 1 aliphatic rings. The van der Waals surface area contributed by atoms with E-state index in [2.05, 4.69) is 31.0 Å². The predicted molar refractivity (Wildman–Crippen MR) is 96.0 cm³/mol. The third-order valence-corrected chi connectivity index (χ3v) is 4.40. The summed E-state index contributed by atoms with van der Waals surface area (Å²) in [6, 6.07) is 3.93. The largest absolute Gasteiger partial charge is 1.00 e. The number of nitrogens with zero attached hydrogens (tertiary/aromatic N) is 2. The van der Waals surface area contributed by atoms with Crippen LogP contribution in [0.25, 0.3) is 10.9 Å². The number of amides is 1. The number of aromatic nitrogens is 2. The van der Waals surface area contributed by atoms with Gasteiger partial charge in [0.2, 0.25) is 5.91 Å². The number of carboxylic acid groups (broad SMARTS) is 1. The minimum atomic E-state index is -0.933. The number of aliphatic carboxylic acids is 1. The van der Waals surface area contributed by atoms with Gasteiger partial charge >= 0.3 is 24.8 Å². The van der Waals surface area contributed by atoms with Crippen molar-refractivity contribution in [1.82, 2.24) is 15.1 Å². The molecule has 2 heterocycles. The van der Waals surface area contributed by atoms with Crippen molar-refractivity contribution in [1.29, 1.82) is 0 Å². The summed E-state index contributed by atoms with van der Waals surface area (Å²) in [4.78, 5) is 26.0. The van der Waals surface area contributed by atoms with Gasteiger partial charge in [0, 0.05) is 18.5 Å². The summed E-state index contributed by atoms with van der Waals surface area (Å²) in [6.07, 6.45) is 2.11.